The number of hydrogen-bond acceptors (Lipinski definition) is 10. The van der Waals surface area contributed by atoms with Crippen molar-refractivity contribution in [1.29, 1.82) is 0 Å². The van der Waals surface area contributed by atoms with E-state index >= 15 is 0 Å². The van der Waals surface area contributed by atoms with Gasteiger partial charge in [0.15, 0.2) is 11.6 Å². The molecule has 0 aromatic heterocycles. The molecule has 12 heteroatoms. The number of allylic oxidation sites excluding steroid dienone is 4. The third-order valence-electron chi connectivity index (χ3n) is 5.23. The molecule has 12 nitrogen and oxygen atoms in total. The van der Waals surface area contributed by atoms with E-state index in [2.05, 4.69) is 9.68 Å². The molecule has 0 unspecified atom stereocenters. The molecular weight excluding hydrogens is 428 g/mol. The van der Waals surface area contributed by atoms with Gasteiger partial charge in [0.1, 0.15) is 12.7 Å². The van der Waals surface area contributed by atoms with Crippen molar-refractivity contribution in [3.63, 3.8) is 0 Å². The number of hydrogen-bond donors (Lipinski definition) is 0. The van der Waals surface area contributed by atoms with Gasteiger partial charge in [0.25, 0.3) is 10.2 Å². The maximum Gasteiger partial charge on any atom is 0.306 e. The van der Waals surface area contributed by atoms with Crippen molar-refractivity contribution in [2.24, 2.45) is 5.41 Å². The van der Waals surface area contributed by atoms with Crippen LogP contribution in [0.25, 0.3) is 0 Å². The summed E-state index contributed by atoms with van der Waals surface area (Å²) in [7, 11) is 0. The van der Waals surface area contributed by atoms with Gasteiger partial charge in [-0.3, -0.25) is 14.4 Å². The van der Waals surface area contributed by atoms with E-state index in [1.807, 2.05) is 0 Å². The summed E-state index contributed by atoms with van der Waals surface area (Å²) >= 11 is 0. The highest BCUT2D eigenvalue weighted by atomic mass is 17.0. The number of carbonyl (C=O) groups is 3. The summed E-state index contributed by atoms with van der Waals surface area (Å²) in [6.07, 6.45) is -0.478. The van der Waals surface area contributed by atoms with E-state index in [0.717, 1.165) is 0 Å². The Labute approximate surface area is 184 Å². The average molecular weight is 456 g/mol. The number of rotatable bonds is 13. The van der Waals surface area contributed by atoms with E-state index in [1.165, 1.54) is 0 Å². The molecule has 0 saturated carbocycles. The number of ether oxygens (including phenoxy) is 1. The lowest BCUT2D eigenvalue weighted by Crippen LogP contribution is -2.32. The monoisotopic (exact) mass is 456 g/mol. The minimum absolute atomic E-state index is 0.0130. The van der Waals surface area contributed by atoms with Gasteiger partial charge in [0.2, 0.25) is 0 Å². The Balaban J connectivity index is 2.56. The van der Waals surface area contributed by atoms with E-state index < -0.39 is 34.3 Å². The van der Waals surface area contributed by atoms with Crippen LogP contribution in [0.2, 0.25) is 0 Å². The molecular formula is C20H28N2O10. The predicted molar refractivity (Wildman–Crippen MR) is 109 cm³/mol. The van der Waals surface area contributed by atoms with Crippen LogP contribution in [-0.4, -0.2) is 47.0 Å². The van der Waals surface area contributed by atoms with Crippen molar-refractivity contribution >= 4 is 17.5 Å². The summed E-state index contributed by atoms with van der Waals surface area (Å²) in [5.41, 5.74) is 0.473. The zero-order valence-corrected chi connectivity index (χ0v) is 18.8. The first-order valence-electron chi connectivity index (χ1n) is 10.00. The molecule has 1 aliphatic rings. The summed E-state index contributed by atoms with van der Waals surface area (Å²) in [5, 5.41) is 18.5. The summed E-state index contributed by atoms with van der Waals surface area (Å²) in [5.74, 6) is -1.04. The second-order valence-corrected chi connectivity index (χ2v) is 8.16. The van der Waals surface area contributed by atoms with Gasteiger partial charge in [-0.15, -0.1) is 20.2 Å². The Morgan fingerprint density at radius 1 is 0.969 bits per heavy atom. The fraction of sp³-hybridized carbons (Fsp3) is 0.650. The summed E-state index contributed by atoms with van der Waals surface area (Å²) in [4.78, 5) is 66.5. The van der Waals surface area contributed by atoms with E-state index in [-0.39, 0.29) is 31.0 Å². The maximum absolute atomic E-state index is 12.7. The van der Waals surface area contributed by atoms with Gasteiger partial charge >= 0.3 is 5.97 Å². The van der Waals surface area contributed by atoms with Crippen LogP contribution in [0.5, 0.6) is 0 Å². The number of esters is 1. The van der Waals surface area contributed by atoms with Crippen LogP contribution in [-0.2, 0) is 28.8 Å². The molecule has 0 spiro atoms. The zero-order valence-electron chi connectivity index (χ0n) is 18.8. The first kappa shape index (κ1) is 26.7. The van der Waals surface area contributed by atoms with Gasteiger partial charge < -0.3 is 14.4 Å². The van der Waals surface area contributed by atoms with E-state index in [9.17, 15) is 34.6 Å². The molecule has 1 aliphatic carbocycles. The van der Waals surface area contributed by atoms with Crippen molar-refractivity contribution < 1.29 is 39.0 Å². The van der Waals surface area contributed by atoms with Crippen LogP contribution >= 0.6 is 0 Å². The van der Waals surface area contributed by atoms with Crippen molar-refractivity contribution in [2.75, 3.05) is 13.2 Å². The predicted octanol–water partition coefficient (Wildman–Crippen LogP) is 2.71. The molecule has 0 aromatic carbocycles. The van der Waals surface area contributed by atoms with Crippen LogP contribution < -0.4 is 0 Å². The lowest BCUT2D eigenvalue weighted by molar-refractivity contribution is -0.790. The fourth-order valence-corrected chi connectivity index (χ4v) is 3.50. The SMILES string of the molecule is CC1=C(C)C(=O)C(C(C)(C)CC(=O)OCCCC[C@H](CO[N+](=O)[O-])O[N+](=O)[O-])=C(C)C1=O. The van der Waals surface area contributed by atoms with Crippen molar-refractivity contribution in [1.82, 2.24) is 0 Å². The molecule has 1 rings (SSSR count). The third-order valence-corrected chi connectivity index (χ3v) is 5.23. The number of ketones is 2. The number of nitrogens with zero attached hydrogens (tertiary/aromatic N) is 2. The molecule has 0 bridgehead atoms. The lowest BCUT2D eigenvalue weighted by atomic mass is 9.71. The Bertz CT molecular complexity index is 856. The number of Topliss-reactive ketones (excluding diaryl/α,β-unsaturated/α-hetero) is 2. The topological polar surface area (TPSA) is 165 Å². The van der Waals surface area contributed by atoms with E-state index in [0.29, 0.717) is 35.1 Å². The van der Waals surface area contributed by atoms with Gasteiger partial charge in [-0.2, -0.15) is 0 Å². The second-order valence-electron chi connectivity index (χ2n) is 8.16. The minimum Gasteiger partial charge on any atom is -0.466 e. The number of carbonyl (C=O) groups excluding carboxylic acids is 3. The van der Waals surface area contributed by atoms with Gasteiger partial charge in [0, 0.05) is 27.7 Å². The molecule has 178 valence electrons. The second kappa shape index (κ2) is 11.3. The van der Waals surface area contributed by atoms with Crippen LogP contribution in [0.1, 0.15) is 60.3 Å². The Morgan fingerprint density at radius 3 is 2.12 bits per heavy atom. The molecule has 1 atom stereocenters. The zero-order chi connectivity index (χ0) is 24.6. The summed E-state index contributed by atoms with van der Waals surface area (Å²) in [6, 6.07) is 0. The largest absolute Gasteiger partial charge is 0.466 e. The molecule has 0 N–H and O–H groups in total. The lowest BCUT2D eigenvalue weighted by Gasteiger charge is -2.31. The first-order chi connectivity index (χ1) is 14.8. The molecule has 0 radical (unpaired) electrons. The van der Waals surface area contributed by atoms with Crippen LogP contribution in [0.3, 0.4) is 0 Å². The molecule has 0 aliphatic heterocycles. The van der Waals surface area contributed by atoms with Gasteiger partial charge in [0.05, 0.1) is 13.0 Å². The van der Waals surface area contributed by atoms with Crippen LogP contribution in [0.15, 0.2) is 22.3 Å². The van der Waals surface area contributed by atoms with Crippen LogP contribution in [0, 0.1) is 25.6 Å². The first-order valence-corrected chi connectivity index (χ1v) is 10.00. The van der Waals surface area contributed by atoms with Gasteiger partial charge in [-0.1, -0.05) is 13.8 Å². The summed E-state index contributed by atoms with van der Waals surface area (Å²) in [6.45, 7) is 7.58. The highest BCUT2D eigenvalue weighted by molar-refractivity contribution is 6.25. The minimum atomic E-state index is -1.12. The molecule has 0 amide bonds. The highest BCUT2D eigenvalue weighted by Gasteiger charge is 2.38. The molecule has 0 aromatic rings. The average Bonchev–Trinajstić information content (AvgIpc) is 2.67. The Hall–Kier alpha value is -3.31. The maximum atomic E-state index is 12.7. The van der Waals surface area contributed by atoms with Crippen molar-refractivity contribution in [3.05, 3.63) is 42.5 Å². The third kappa shape index (κ3) is 7.43. The smallest absolute Gasteiger partial charge is 0.306 e. The highest BCUT2D eigenvalue weighted by Crippen LogP contribution is 2.39. The number of unbranched alkanes of at least 4 members (excludes halogenated alkanes) is 1. The van der Waals surface area contributed by atoms with Gasteiger partial charge in [-0.25, -0.2) is 0 Å². The van der Waals surface area contributed by atoms with E-state index in [4.69, 9.17) is 4.74 Å². The standard InChI is InChI=1S/C20H28N2O10/c1-12-13(2)19(25)17(14(3)18(12)24)20(4,5)10-16(23)30-9-7-6-8-15(32-22(28)29)11-31-21(26)27/h15H,6-11H2,1-5H3/t15-/m1/s1. The Kier molecular flexibility index (Phi) is 9.48. The normalized spacial score (nSPS) is 15.5. The van der Waals surface area contributed by atoms with Crippen molar-refractivity contribution in [2.45, 2.75) is 66.4 Å². The van der Waals surface area contributed by atoms with E-state index in [1.54, 1.807) is 34.6 Å². The fourth-order valence-electron chi connectivity index (χ4n) is 3.50. The van der Waals surface area contributed by atoms with Crippen LogP contribution in [0.4, 0.5) is 0 Å². The molecule has 0 saturated heterocycles. The molecule has 0 fully saturated rings. The molecule has 32 heavy (non-hydrogen) atoms. The van der Waals surface area contributed by atoms with Gasteiger partial charge in [-0.05, 0) is 40.0 Å². The molecule has 0 heterocycles. The van der Waals surface area contributed by atoms with Crippen molar-refractivity contribution in [3.8, 4) is 0 Å². The quantitative estimate of drug-likeness (QED) is 0.132. The Morgan fingerprint density at radius 2 is 1.56 bits per heavy atom. The summed E-state index contributed by atoms with van der Waals surface area (Å²) < 4.78 is 5.19.